The van der Waals surface area contributed by atoms with E-state index in [9.17, 15) is 0 Å². The van der Waals surface area contributed by atoms with Gasteiger partial charge in [-0.3, -0.25) is 4.90 Å². The van der Waals surface area contributed by atoms with E-state index >= 15 is 0 Å². The molecule has 0 aliphatic heterocycles. The largest absolute Gasteiger partial charge is 0.395 e. The number of nitrogens with zero attached hydrogens (tertiary/aromatic N) is 1. The highest BCUT2D eigenvalue weighted by Gasteiger charge is 1.99. The first-order chi connectivity index (χ1) is 5.85. The van der Waals surface area contributed by atoms with Crippen molar-refractivity contribution >= 4 is 0 Å². The smallest absolute Gasteiger partial charge is 0.0558 e. The highest BCUT2D eigenvalue weighted by atomic mass is 16.3. The first-order valence-corrected chi connectivity index (χ1v) is 4.43. The molecule has 0 unspecified atom stereocenters. The maximum atomic E-state index is 8.73. The summed E-state index contributed by atoms with van der Waals surface area (Å²) in [6.45, 7) is 7.56. The molecule has 0 saturated heterocycles. The van der Waals surface area contributed by atoms with E-state index < -0.39 is 0 Å². The van der Waals surface area contributed by atoms with Crippen molar-refractivity contribution in [2.45, 2.75) is 6.42 Å². The van der Waals surface area contributed by atoms with E-state index in [-0.39, 0.29) is 6.61 Å². The van der Waals surface area contributed by atoms with Crippen LogP contribution in [-0.4, -0.2) is 49.8 Å². The third-order valence-electron chi connectivity index (χ3n) is 1.70. The van der Waals surface area contributed by atoms with Crippen LogP contribution in [0.15, 0.2) is 12.7 Å². The molecule has 0 aliphatic carbocycles. The average molecular weight is 172 g/mol. The number of hydrogen-bond acceptors (Lipinski definition) is 3. The lowest BCUT2D eigenvalue weighted by molar-refractivity contribution is 0.207. The quantitative estimate of drug-likeness (QED) is 0.402. The van der Waals surface area contributed by atoms with Crippen molar-refractivity contribution in [1.29, 1.82) is 0 Å². The van der Waals surface area contributed by atoms with Crippen molar-refractivity contribution in [2.24, 2.45) is 0 Å². The molecular weight excluding hydrogens is 152 g/mol. The fourth-order valence-electron chi connectivity index (χ4n) is 1.10. The molecule has 0 aromatic carbocycles. The van der Waals surface area contributed by atoms with Crippen LogP contribution in [-0.2, 0) is 0 Å². The van der Waals surface area contributed by atoms with Crippen LogP contribution < -0.4 is 5.32 Å². The number of hydrogen-bond donors (Lipinski definition) is 2. The summed E-state index contributed by atoms with van der Waals surface area (Å²) in [4.78, 5) is 2.18. The molecule has 3 nitrogen and oxygen atoms in total. The maximum Gasteiger partial charge on any atom is 0.0558 e. The summed E-state index contributed by atoms with van der Waals surface area (Å²) in [6, 6.07) is 0. The molecular formula is C9H20N2O. The van der Waals surface area contributed by atoms with Gasteiger partial charge in [-0.25, -0.2) is 0 Å². The van der Waals surface area contributed by atoms with Crippen LogP contribution >= 0.6 is 0 Å². The normalized spacial score (nSPS) is 10.6. The van der Waals surface area contributed by atoms with E-state index in [1.165, 1.54) is 0 Å². The highest BCUT2D eigenvalue weighted by molar-refractivity contribution is 4.73. The summed E-state index contributed by atoms with van der Waals surface area (Å²) in [6.07, 6.45) is 2.99. The zero-order valence-electron chi connectivity index (χ0n) is 7.92. The maximum absolute atomic E-state index is 8.73. The Morgan fingerprint density at radius 3 is 2.75 bits per heavy atom. The molecule has 0 fully saturated rings. The molecule has 0 aromatic heterocycles. The topological polar surface area (TPSA) is 35.5 Å². The van der Waals surface area contributed by atoms with Gasteiger partial charge in [0.25, 0.3) is 0 Å². The van der Waals surface area contributed by atoms with Gasteiger partial charge in [-0.2, -0.15) is 0 Å². The Labute approximate surface area is 75.1 Å². The Bertz CT molecular complexity index is 107. The summed E-state index contributed by atoms with van der Waals surface area (Å²) >= 11 is 0. The van der Waals surface area contributed by atoms with Crippen molar-refractivity contribution in [3.63, 3.8) is 0 Å². The Kier molecular flexibility index (Phi) is 8.44. The molecule has 0 atom stereocenters. The second-order valence-corrected chi connectivity index (χ2v) is 2.77. The second-order valence-electron chi connectivity index (χ2n) is 2.77. The molecule has 0 aliphatic rings. The standard InChI is InChI=1S/C9H20N2O/c1-3-6-11(8-9-12)7-4-5-10-2/h3,10,12H,1,4-9H2,2H3. The van der Waals surface area contributed by atoms with Gasteiger partial charge in [-0.1, -0.05) is 6.08 Å². The summed E-state index contributed by atoms with van der Waals surface area (Å²) in [7, 11) is 1.95. The van der Waals surface area contributed by atoms with Crippen LogP contribution in [0.2, 0.25) is 0 Å². The van der Waals surface area contributed by atoms with E-state index in [0.717, 1.165) is 32.6 Å². The highest BCUT2D eigenvalue weighted by Crippen LogP contribution is 1.90. The molecule has 0 amide bonds. The van der Waals surface area contributed by atoms with Crippen molar-refractivity contribution < 1.29 is 5.11 Å². The van der Waals surface area contributed by atoms with Gasteiger partial charge in [0.1, 0.15) is 0 Å². The van der Waals surface area contributed by atoms with Crippen LogP contribution in [0.5, 0.6) is 0 Å². The molecule has 12 heavy (non-hydrogen) atoms. The van der Waals surface area contributed by atoms with Gasteiger partial charge in [-0.15, -0.1) is 6.58 Å². The Hall–Kier alpha value is -0.380. The fourth-order valence-corrected chi connectivity index (χ4v) is 1.10. The zero-order chi connectivity index (χ0) is 9.23. The fraction of sp³-hybridized carbons (Fsp3) is 0.778. The lowest BCUT2D eigenvalue weighted by Gasteiger charge is -2.18. The van der Waals surface area contributed by atoms with Gasteiger partial charge < -0.3 is 10.4 Å². The van der Waals surface area contributed by atoms with Gasteiger partial charge in [-0.05, 0) is 26.6 Å². The van der Waals surface area contributed by atoms with E-state index in [1.54, 1.807) is 0 Å². The molecule has 0 saturated carbocycles. The number of rotatable bonds is 8. The number of aliphatic hydroxyl groups excluding tert-OH is 1. The number of nitrogens with one attached hydrogen (secondary N) is 1. The van der Waals surface area contributed by atoms with Crippen LogP contribution in [0.25, 0.3) is 0 Å². The average Bonchev–Trinajstić information content (AvgIpc) is 2.06. The summed E-state index contributed by atoms with van der Waals surface area (Å²) in [5.41, 5.74) is 0. The van der Waals surface area contributed by atoms with Crippen LogP contribution in [0.3, 0.4) is 0 Å². The molecule has 0 heterocycles. The van der Waals surface area contributed by atoms with E-state index in [1.807, 2.05) is 13.1 Å². The van der Waals surface area contributed by atoms with E-state index in [0.29, 0.717) is 0 Å². The van der Waals surface area contributed by atoms with Crippen molar-refractivity contribution in [3.8, 4) is 0 Å². The van der Waals surface area contributed by atoms with Crippen LogP contribution in [0.1, 0.15) is 6.42 Å². The molecule has 0 bridgehead atoms. The predicted molar refractivity (Wildman–Crippen MR) is 52.3 cm³/mol. The molecule has 0 rings (SSSR count). The Morgan fingerprint density at radius 2 is 2.25 bits per heavy atom. The van der Waals surface area contributed by atoms with Crippen LogP contribution in [0, 0.1) is 0 Å². The van der Waals surface area contributed by atoms with E-state index in [4.69, 9.17) is 5.11 Å². The Balaban J connectivity index is 3.40. The lowest BCUT2D eigenvalue weighted by atomic mass is 10.3. The molecule has 2 N–H and O–H groups in total. The second kappa shape index (κ2) is 8.71. The summed E-state index contributed by atoms with van der Waals surface area (Å²) in [5.74, 6) is 0. The zero-order valence-corrected chi connectivity index (χ0v) is 7.92. The van der Waals surface area contributed by atoms with E-state index in [2.05, 4.69) is 16.8 Å². The monoisotopic (exact) mass is 172 g/mol. The lowest BCUT2D eigenvalue weighted by Crippen LogP contribution is -2.29. The summed E-state index contributed by atoms with van der Waals surface area (Å²) < 4.78 is 0. The van der Waals surface area contributed by atoms with Gasteiger partial charge in [0.05, 0.1) is 6.61 Å². The summed E-state index contributed by atoms with van der Waals surface area (Å²) in [5, 5.41) is 11.8. The minimum atomic E-state index is 0.230. The SMILES string of the molecule is C=CCN(CCO)CCCNC. The first-order valence-electron chi connectivity index (χ1n) is 4.43. The van der Waals surface area contributed by atoms with Gasteiger partial charge in [0, 0.05) is 13.1 Å². The number of aliphatic hydroxyl groups is 1. The van der Waals surface area contributed by atoms with Crippen LogP contribution in [0.4, 0.5) is 0 Å². The molecule has 0 aromatic rings. The molecule has 3 heteroatoms. The first kappa shape index (κ1) is 11.6. The van der Waals surface area contributed by atoms with Crippen molar-refractivity contribution in [1.82, 2.24) is 10.2 Å². The minimum Gasteiger partial charge on any atom is -0.395 e. The van der Waals surface area contributed by atoms with Crippen molar-refractivity contribution in [3.05, 3.63) is 12.7 Å². The third kappa shape index (κ3) is 6.34. The molecule has 0 spiro atoms. The van der Waals surface area contributed by atoms with Gasteiger partial charge in [0.15, 0.2) is 0 Å². The minimum absolute atomic E-state index is 0.230. The van der Waals surface area contributed by atoms with Crippen molar-refractivity contribution in [2.75, 3.05) is 39.8 Å². The van der Waals surface area contributed by atoms with Gasteiger partial charge >= 0.3 is 0 Å². The molecule has 0 radical (unpaired) electrons. The molecule has 72 valence electrons. The third-order valence-corrected chi connectivity index (χ3v) is 1.70. The Morgan fingerprint density at radius 1 is 1.50 bits per heavy atom. The predicted octanol–water partition coefficient (Wildman–Crippen LogP) is 0.0762. The van der Waals surface area contributed by atoms with Gasteiger partial charge in [0.2, 0.25) is 0 Å².